The zero-order chi connectivity index (χ0) is 34.1. The van der Waals surface area contributed by atoms with Gasteiger partial charge in [0.05, 0.1) is 0 Å². The summed E-state index contributed by atoms with van der Waals surface area (Å²) in [6.07, 6.45) is 0.682. The Kier molecular flexibility index (Phi) is 9.53. The van der Waals surface area contributed by atoms with Crippen LogP contribution in [-0.4, -0.2) is 51.2 Å². The van der Waals surface area contributed by atoms with Gasteiger partial charge < -0.3 is 30.4 Å². The molecule has 1 atom stereocenters. The van der Waals surface area contributed by atoms with Crippen molar-refractivity contribution in [1.29, 1.82) is 0 Å². The van der Waals surface area contributed by atoms with Gasteiger partial charge in [-0.1, -0.05) is 48.5 Å². The van der Waals surface area contributed by atoms with E-state index in [0.717, 1.165) is 27.8 Å². The molecule has 0 spiro atoms. The minimum Gasteiger partial charge on any atom is -0.487 e. The molecular formula is C35H42N4O7S. The Morgan fingerprint density at radius 1 is 1.00 bits per heavy atom. The van der Waals surface area contributed by atoms with Crippen LogP contribution < -0.4 is 21.5 Å². The van der Waals surface area contributed by atoms with Gasteiger partial charge in [0.2, 0.25) is 0 Å². The van der Waals surface area contributed by atoms with Gasteiger partial charge in [0.15, 0.2) is 5.96 Å². The number of fused-ring (bicyclic) bond motifs is 4. The molecular weight excluding hydrogens is 620 g/mol. The quantitative estimate of drug-likeness (QED) is 0.118. The van der Waals surface area contributed by atoms with Crippen LogP contribution in [0.2, 0.25) is 0 Å². The lowest BCUT2D eigenvalue weighted by Gasteiger charge is -2.35. The van der Waals surface area contributed by atoms with E-state index >= 15 is 0 Å². The summed E-state index contributed by atoms with van der Waals surface area (Å²) in [6.45, 7) is 9.29. The molecule has 0 bridgehead atoms. The van der Waals surface area contributed by atoms with E-state index in [1.54, 1.807) is 20.8 Å². The lowest BCUT2D eigenvalue weighted by atomic mass is 9.88. The second-order valence-electron chi connectivity index (χ2n) is 12.7. The number of nitrogens with zero attached hydrogens (tertiary/aromatic N) is 1. The average molecular weight is 663 g/mol. The summed E-state index contributed by atoms with van der Waals surface area (Å²) >= 11 is 0. The second kappa shape index (κ2) is 13.3. The van der Waals surface area contributed by atoms with Gasteiger partial charge in [0, 0.05) is 12.5 Å². The first-order valence-electron chi connectivity index (χ1n) is 15.7. The second-order valence-corrected chi connectivity index (χ2v) is 14.2. The van der Waals surface area contributed by atoms with Crippen molar-refractivity contribution in [2.45, 2.75) is 82.8 Å². The molecule has 12 heteroatoms. The zero-order valence-corrected chi connectivity index (χ0v) is 28.2. The Labute approximate surface area is 275 Å². The number of ether oxygens (including phenoxy) is 2. The molecule has 1 aliphatic carbocycles. The van der Waals surface area contributed by atoms with Crippen LogP contribution in [0.25, 0.3) is 11.1 Å². The normalized spacial score (nSPS) is 15.3. The summed E-state index contributed by atoms with van der Waals surface area (Å²) in [7, 11) is -4.59. The number of guanidine groups is 1. The lowest BCUT2D eigenvalue weighted by Crippen LogP contribution is -2.43. The first kappa shape index (κ1) is 33.8. The molecule has 0 unspecified atom stereocenters. The summed E-state index contributed by atoms with van der Waals surface area (Å²) in [5.41, 5.74) is 17.0. The zero-order valence-electron chi connectivity index (χ0n) is 27.4. The van der Waals surface area contributed by atoms with Crippen molar-refractivity contribution in [2.75, 3.05) is 13.2 Å². The molecule has 0 fully saturated rings. The van der Waals surface area contributed by atoms with Gasteiger partial charge in [0.1, 0.15) is 28.9 Å². The lowest BCUT2D eigenvalue weighted by molar-refractivity contribution is -0.136. The number of rotatable bonds is 10. The fourth-order valence-electron chi connectivity index (χ4n) is 6.47. The molecule has 0 saturated carbocycles. The monoisotopic (exact) mass is 662 g/mol. The summed E-state index contributed by atoms with van der Waals surface area (Å²) in [5.74, 6) is -0.809. The number of carbonyl (C=O) groups excluding carboxylic acids is 2. The number of alkyl carbamates (subject to hydrolysis) is 1. The third-order valence-corrected chi connectivity index (χ3v) is 10.5. The van der Waals surface area contributed by atoms with Crippen molar-refractivity contribution in [1.82, 2.24) is 5.32 Å². The highest BCUT2D eigenvalue weighted by Gasteiger charge is 2.36. The van der Waals surface area contributed by atoms with Gasteiger partial charge in [-0.2, -0.15) is 8.42 Å². The SMILES string of the molecule is Cc1c(C)c(S(=O)(=O)OC(=O)[C@H](CCCN=C(N)N)NC(=O)OCC2c3ccccc3-c3ccccc32)c(C)c2c1OC(C)(C)CC2. The van der Waals surface area contributed by atoms with Crippen LogP contribution in [-0.2, 0) is 30.3 Å². The van der Waals surface area contributed by atoms with Gasteiger partial charge in [-0.25, -0.2) is 9.59 Å². The molecule has 250 valence electrons. The predicted octanol–water partition coefficient (Wildman–Crippen LogP) is 4.91. The highest BCUT2D eigenvalue weighted by atomic mass is 32.2. The average Bonchev–Trinajstić information content (AvgIpc) is 3.33. The maximum absolute atomic E-state index is 13.7. The molecule has 5 rings (SSSR count). The van der Waals surface area contributed by atoms with Crippen LogP contribution in [0.1, 0.15) is 72.4 Å². The smallest absolute Gasteiger partial charge is 0.407 e. The minimum absolute atomic E-state index is 0.000564. The molecule has 1 amide bonds. The molecule has 0 radical (unpaired) electrons. The summed E-state index contributed by atoms with van der Waals surface area (Å²) < 4.78 is 44.5. The number of hydrogen-bond acceptors (Lipinski definition) is 8. The summed E-state index contributed by atoms with van der Waals surface area (Å²) in [4.78, 5) is 30.4. The summed E-state index contributed by atoms with van der Waals surface area (Å²) in [6, 6.07) is 14.5. The molecule has 1 heterocycles. The van der Waals surface area contributed by atoms with Crippen molar-refractivity contribution < 1.29 is 31.7 Å². The van der Waals surface area contributed by atoms with E-state index in [2.05, 4.69) is 10.3 Å². The largest absolute Gasteiger partial charge is 0.487 e. The third-order valence-electron chi connectivity index (χ3n) is 8.97. The Morgan fingerprint density at radius 3 is 2.23 bits per heavy atom. The first-order chi connectivity index (χ1) is 22.2. The number of nitrogens with two attached hydrogens (primary N) is 2. The number of aliphatic imine (C=N–C) groups is 1. The Hall–Kier alpha value is -4.58. The number of amides is 1. The van der Waals surface area contributed by atoms with Crippen molar-refractivity contribution in [3.05, 3.63) is 81.9 Å². The van der Waals surface area contributed by atoms with Crippen LogP contribution in [0, 0.1) is 20.8 Å². The molecule has 3 aromatic carbocycles. The van der Waals surface area contributed by atoms with E-state index in [4.69, 9.17) is 25.1 Å². The number of benzene rings is 3. The molecule has 47 heavy (non-hydrogen) atoms. The van der Waals surface area contributed by atoms with E-state index in [1.165, 1.54) is 0 Å². The molecule has 0 aromatic heterocycles. The topological polar surface area (TPSA) is 172 Å². The van der Waals surface area contributed by atoms with Crippen LogP contribution in [0.3, 0.4) is 0 Å². The van der Waals surface area contributed by atoms with E-state index in [9.17, 15) is 18.0 Å². The van der Waals surface area contributed by atoms with E-state index in [0.29, 0.717) is 35.3 Å². The maximum Gasteiger partial charge on any atom is 0.407 e. The standard InChI is InChI=1S/C35H42N4O7S/c1-20-21(2)31(22(3)23-16-17-35(4,5)45-30(20)23)47(42,43)46-32(40)29(15-10-18-38-33(36)37)39-34(41)44-19-28-26-13-8-6-11-24(26)25-12-7-9-14-27(25)28/h6-9,11-14,28-29H,10,15-19H2,1-5H3,(H,39,41)(H4,36,37,38)/t29-/m0/s1. The van der Waals surface area contributed by atoms with Crippen LogP contribution in [0.5, 0.6) is 5.75 Å². The van der Waals surface area contributed by atoms with Crippen LogP contribution in [0.15, 0.2) is 58.4 Å². The highest BCUT2D eigenvalue weighted by Crippen LogP contribution is 2.45. The van der Waals surface area contributed by atoms with Crippen molar-refractivity contribution in [2.24, 2.45) is 16.5 Å². The van der Waals surface area contributed by atoms with E-state index in [-0.39, 0.29) is 48.4 Å². The molecule has 3 aromatic rings. The van der Waals surface area contributed by atoms with Crippen molar-refractivity contribution in [3.8, 4) is 16.9 Å². The van der Waals surface area contributed by atoms with E-state index < -0.39 is 28.2 Å². The molecule has 2 aliphatic rings. The Balaban J connectivity index is 1.34. The van der Waals surface area contributed by atoms with Gasteiger partial charge >= 0.3 is 22.2 Å². The van der Waals surface area contributed by atoms with Gasteiger partial charge in [-0.05, 0) is 105 Å². The van der Waals surface area contributed by atoms with Gasteiger partial charge in [0.25, 0.3) is 0 Å². The molecule has 11 nitrogen and oxygen atoms in total. The van der Waals surface area contributed by atoms with Gasteiger partial charge in [-0.15, -0.1) is 0 Å². The van der Waals surface area contributed by atoms with E-state index in [1.807, 2.05) is 62.4 Å². The number of carbonyl (C=O) groups is 2. The summed E-state index contributed by atoms with van der Waals surface area (Å²) in [5, 5.41) is 2.52. The highest BCUT2D eigenvalue weighted by molar-refractivity contribution is 7.87. The molecule has 5 N–H and O–H groups in total. The minimum atomic E-state index is -4.59. The Morgan fingerprint density at radius 2 is 1.62 bits per heavy atom. The predicted molar refractivity (Wildman–Crippen MR) is 179 cm³/mol. The fraction of sp³-hybridized carbons (Fsp3) is 0.400. The molecule has 0 saturated heterocycles. The Bertz CT molecular complexity index is 1800. The van der Waals surface area contributed by atoms with Gasteiger partial charge in [-0.3, -0.25) is 4.99 Å². The van der Waals surface area contributed by atoms with Crippen LogP contribution >= 0.6 is 0 Å². The maximum atomic E-state index is 13.7. The third kappa shape index (κ3) is 7.07. The first-order valence-corrected chi connectivity index (χ1v) is 17.1. The fourth-order valence-corrected chi connectivity index (χ4v) is 7.91. The molecule has 1 aliphatic heterocycles. The van der Waals surface area contributed by atoms with Crippen LogP contribution in [0.4, 0.5) is 4.79 Å². The van der Waals surface area contributed by atoms with Crippen molar-refractivity contribution >= 4 is 28.1 Å². The number of nitrogens with one attached hydrogen (secondary N) is 1. The number of hydrogen-bond donors (Lipinski definition) is 3. The van der Waals surface area contributed by atoms with Crippen molar-refractivity contribution in [3.63, 3.8) is 0 Å².